The van der Waals surface area contributed by atoms with Crippen molar-refractivity contribution in [2.75, 3.05) is 0 Å². The number of hydrogen-bond acceptors (Lipinski definition) is 3. The molecule has 0 saturated heterocycles. The normalized spacial score (nSPS) is 10.7. The lowest BCUT2D eigenvalue weighted by molar-refractivity contribution is 0.0950. The van der Waals surface area contributed by atoms with Gasteiger partial charge in [-0.25, -0.2) is 4.98 Å². The topological polar surface area (TPSA) is 68.9 Å². The van der Waals surface area contributed by atoms with E-state index < -0.39 is 0 Å². The van der Waals surface area contributed by atoms with E-state index in [0.29, 0.717) is 17.1 Å². The molecule has 7 heteroatoms. The van der Waals surface area contributed by atoms with Gasteiger partial charge in [-0.1, -0.05) is 17.7 Å². The SMILES string of the molecule is O=C(NCc1cn(-c2ccc(-n3ccccc3=O)cc2)cn1)c1ccc(Cl)cc1. The molecular formula is C22H17ClN4O2. The van der Waals surface area contributed by atoms with E-state index in [-0.39, 0.29) is 11.5 Å². The van der Waals surface area contributed by atoms with Crippen LogP contribution in [0.3, 0.4) is 0 Å². The van der Waals surface area contributed by atoms with Gasteiger partial charge in [-0.2, -0.15) is 0 Å². The van der Waals surface area contributed by atoms with Crippen molar-refractivity contribution in [3.8, 4) is 11.4 Å². The van der Waals surface area contributed by atoms with Crippen LogP contribution in [-0.4, -0.2) is 20.0 Å². The predicted octanol–water partition coefficient (Wildman–Crippen LogP) is 3.61. The highest BCUT2D eigenvalue weighted by Crippen LogP contribution is 2.13. The Kier molecular flexibility index (Phi) is 5.27. The second-order valence-corrected chi connectivity index (χ2v) is 6.82. The molecule has 0 fully saturated rings. The van der Waals surface area contributed by atoms with Crippen molar-refractivity contribution >= 4 is 17.5 Å². The van der Waals surface area contributed by atoms with E-state index in [1.807, 2.05) is 41.1 Å². The van der Waals surface area contributed by atoms with E-state index >= 15 is 0 Å². The number of carbonyl (C=O) groups excluding carboxylic acids is 1. The molecule has 0 atom stereocenters. The van der Waals surface area contributed by atoms with Crippen molar-refractivity contribution in [2.24, 2.45) is 0 Å². The summed E-state index contributed by atoms with van der Waals surface area (Å²) in [4.78, 5) is 28.5. The molecule has 2 aromatic carbocycles. The number of amides is 1. The van der Waals surface area contributed by atoms with Crippen molar-refractivity contribution in [1.29, 1.82) is 0 Å². The number of carbonyl (C=O) groups is 1. The van der Waals surface area contributed by atoms with Gasteiger partial charge in [0.05, 0.1) is 18.6 Å². The fourth-order valence-corrected chi connectivity index (χ4v) is 3.02. The van der Waals surface area contributed by atoms with Crippen LogP contribution < -0.4 is 10.9 Å². The van der Waals surface area contributed by atoms with E-state index in [9.17, 15) is 9.59 Å². The number of benzene rings is 2. The lowest BCUT2D eigenvalue weighted by Gasteiger charge is -2.07. The smallest absolute Gasteiger partial charge is 0.255 e. The summed E-state index contributed by atoms with van der Waals surface area (Å²) in [6.45, 7) is 0.311. The Bertz CT molecular complexity index is 1190. The van der Waals surface area contributed by atoms with Crippen LogP contribution in [0.1, 0.15) is 16.1 Å². The maximum Gasteiger partial charge on any atom is 0.255 e. The maximum atomic E-state index is 12.2. The molecule has 0 aliphatic carbocycles. The highest BCUT2D eigenvalue weighted by atomic mass is 35.5. The molecule has 144 valence electrons. The third-order valence-corrected chi connectivity index (χ3v) is 4.67. The molecule has 0 bridgehead atoms. The first-order valence-corrected chi connectivity index (χ1v) is 9.33. The van der Waals surface area contributed by atoms with Crippen LogP contribution in [0, 0.1) is 0 Å². The van der Waals surface area contributed by atoms with Crippen molar-refractivity contribution in [3.63, 3.8) is 0 Å². The molecule has 0 radical (unpaired) electrons. The highest BCUT2D eigenvalue weighted by Gasteiger charge is 2.07. The highest BCUT2D eigenvalue weighted by molar-refractivity contribution is 6.30. The van der Waals surface area contributed by atoms with Crippen molar-refractivity contribution in [2.45, 2.75) is 6.54 Å². The zero-order valence-corrected chi connectivity index (χ0v) is 16.1. The number of halogens is 1. The molecular weight excluding hydrogens is 388 g/mol. The Hall–Kier alpha value is -3.64. The molecule has 0 unspecified atom stereocenters. The Morgan fingerprint density at radius 3 is 2.41 bits per heavy atom. The van der Waals surface area contributed by atoms with Crippen LogP contribution in [0.4, 0.5) is 0 Å². The lowest BCUT2D eigenvalue weighted by atomic mass is 10.2. The summed E-state index contributed by atoms with van der Waals surface area (Å²) in [6, 6.07) is 19.3. The van der Waals surface area contributed by atoms with Gasteiger partial charge < -0.3 is 9.88 Å². The molecule has 0 aliphatic heterocycles. The summed E-state index contributed by atoms with van der Waals surface area (Å²) >= 11 is 5.84. The molecule has 0 spiro atoms. The van der Waals surface area contributed by atoms with Gasteiger partial charge >= 0.3 is 0 Å². The third kappa shape index (κ3) is 4.28. The number of aromatic nitrogens is 3. The van der Waals surface area contributed by atoms with Gasteiger partial charge in [0.1, 0.15) is 0 Å². The summed E-state index contributed by atoms with van der Waals surface area (Å²) < 4.78 is 3.44. The fraction of sp³-hybridized carbons (Fsp3) is 0.0455. The van der Waals surface area contributed by atoms with E-state index in [1.54, 1.807) is 47.4 Å². The number of rotatable bonds is 5. The number of nitrogens with one attached hydrogen (secondary N) is 1. The quantitative estimate of drug-likeness (QED) is 0.552. The van der Waals surface area contributed by atoms with Crippen LogP contribution in [0.5, 0.6) is 0 Å². The van der Waals surface area contributed by atoms with E-state index in [2.05, 4.69) is 10.3 Å². The van der Waals surface area contributed by atoms with Gasteiger partial charge in [-0.3, -0.25) is 14.2 Å². The lowest BCUT2D eigenvalue weighted by Crippen LogP contribution is -2.22. The van der Waals surface area contributed by atoms with Crippen LogP contribution in [-0.2, 0) is 6.54 Å². The minimum Gasteiger partial charge on any atom is -0.346 e. The van der Waals surface area contributed by atoms with Crippen LogP contribution in [0.15, 0.2) is 90.2 Å². The third-order valence-electron chi connectivity index (χ3n) is 4.42. The molecule has 4 rings (SSSR count). The molecule has 1 N–H and O–H groups in total. The minimum absolute atomic E-state index is 0.0819. The molecule has 4 aromatic rings. The first-order valence-electron chi connectivity index (χ1n) is 8.95. The van der Waals surface area contributed by atoms with Gasteiger partial charge in [0.2, 0.25) is 0 Å². The predicted molar refractivity (Wildman–Crippen MR) is 112 cm³/mol. The summed E-state index contributed by atoms with van der Waals surface area (Å²) in [7, 11) is 0. The second-order valence-electron chi connectivity index (χ2n) is 6.39. The number of hydrogen-bond donors (Lipinski definition) is 1. The molecule has 0 saturated carbocycles. The summed E-state index contributed by atoms with van der Waals surface area (Å²) in [5.74, 6) is -0.186. The average Bonchev–Trinajstić information content (AvgIpc) is 3.22. The molecule has 2 aromatic heterocycles. The largest absolute Gasteiger partial charge is 0.346 e. The zero-order valence-electron chi connectivity index (χ0n) is 15.3. The van der Waals surface area contributed by atoms with Crippen molar-refractivity contribution < 1.29 is 4.79 Å². The first-order chi connectivity index (χ1) is 14.1. The zero-order chi connectivity index (χ0) is 20.2. The maximum absolute atomic E-state index is 12.2. The van der Waals surface area contributed by atoms with Gasteiger partial charge in [0.25, 0.3) is 11.5 Å². The van der Waals surface area contributed by atoms with Crippen LogP contribution in [0.2, 0.25) is 5.02 Å². The summed E-state index contributed by atoms with van der Waals surface area (Å²) in [5.41, 5.74) is 2.88. The van der Waals surface area contributed by atoms with Crippen LogP contribution in [0.25, 0.3) is 11.4 Å². The standard InChI is InChI=1S/C22H17ClN4O2/c23-17-6-4-16(5-7-17)22(29)24-13-18-14-26(15-25-18)19-8-10-20(11-9-19)27-12-2-1-3-21(27)28/h1-12,14-15H,13H2,(H,24,29). The number of nitrogens with zero attached hydrogens (tertiary/aromatic N) is 3. The fourth-order valence-electron chi connectivity index (χ4n) is 2.90. The van der Waals surface area contributed by atoms with Gasteiger partial charge in [-0.15, -0.1) is 0 Å². The van der Waals surface area contributed by atoms with E-state index in [4.69, 9.17) is 11.6 Å². The molecule has 0 aliphatic rings. The Labute approximate surface area is 172 Å². The van der Waals surface area contributed by atoms with Gasteiger partial charge in [0, 0.05) is 40.4 Å². The Morgan fingerprint density at radius 2 is 1.69 bits per heavy atom. The average molecular weight is 405 g/mol. The minimum atomic E-state index is -0.186. The van der Waals surface area contributed by atoms with Crippen molar-refractivity contribution in [1.82, 2.24) is 19.4 Å². The van der Waals surface area contributed by atoms with E-state index in [0.717, 1.165) is 17.1 Å². The number of imidazole rings is 1. The van der Waals surface area contributed by atoms with Gasteiger partial charge in [0.15, 0.2) is 0 Å². The molecule has 2 heterocycles. The van der Waals surface area contributed by atoms with Crippen LogP contribution >= 0.6 is 11.6 Å². The molecule has 1 amide bonds. The first kappa shape index (κ1) is 18.7. The van der Waals surface area contributed by atoms with Crippen molar-refractivity contribution in [3.05, 3.63) is 112 Å². The number of pyridine rings is 1. The summed E-state index contributed by atoms with van der Waals surface area (Å²) in [5, 5.41) is 3.43. The Morgan fingerprint density at radius 1 is 0.966 bits per heavy atom. The second kappa shape index (κ2) is 8.16. The van der Waals surface area contributed by atoms with Gasteiger partial charge in [-0.05, 0) is 54.6 Å². The molecule has 6 nitrogen and oxygen atoms in total. The molecule has 29 heavy (non-hydrogen) atoms. The monoisotopic (exact) mass is 404 g/mol. The van der Waals surface area contributed by atoms with E-state index in [1.165, 1.54) is 6.07 Å². The Balaban J connectivity index is 1.43. The summed E-state index contributed by atoms with van der Waals surface area (Å²) in [6.07, 6.45) is 5.27.